The van der Waals surface area contributed by atoms with Gasteiger partial charge in [-0.3, -0.25) is 0 Å². The number of aliphatic carboxylic acids is 1. The number of benzene rings is 2. The normalized spacial score (nSPS) is 12.1. The molecule has 154 valence electrons. The van der Waals surface area contributed by atoms with Crippen molar-refractivity contribution in [1.29, 1.82) is 0 Å². The van der Waals surface area contributed by atoms with Crippen LogP contribution in [-0.2, 0) is 14.3 Å². The van der Waals surface area contributed by atoms with Crippen LogP contribution in [0.15, 0.2) is 54.6 Å². The Labute approximate surface area is 202 Å². The van der Waals surface area contributed by atoms with E-state index in [1.165, 1.54) is 0 Å². The van der Waals surface area contributed by atoms with Crippen LogP contribution in [0.1, 0.15) is 48.1 Å². The van der Waals surface area contributed by atoms with E-state index in [0.717, 1.165) is 0 Å². The summed E-state index contributed by atoms with van der Waals surface area (Å²) < 4.78 is 10.4. The number of alkyl carbamates (subject to hydrolysis) is 1. The number of halogens is 1. The van der Waals surface area contributed by atoms with E-state index in [1.807, 2.05) is 0 Å². The molecular weight excluding hydrogens is 421 g/mol. The molecule has 0 fully saturated rings. The van der Waals surface area contributed by atoms with Gasteiger partial charge < -0.3 is 24.7 Å². The van der Waals surface area contributed by atoms with Crippen LogP contribution in [0.3, 0.4) is 0 Å². The Hall–Kier alpha value is -2.06. The SMILES string of the molecule is CCC(OC(=O)NC(CCC(=O)[O-])c1ccc(Cl)cc1)OC(=O)c1ccccc1.[Na+]. The fraction of sp³-hybridized carbons (Fsp3) is 0.286. The fourth-order valence-electron chi connectivity index (χ4n) is 2.53. The Morgan fingerprint density at radius 1 is 1.03 bits per heavy atom. The summed E-state index contributed by atoms with van der Waals surface area (Å²) in [5.41, 5.74) is 0.991. The first-order chi connectivity index (χ1) is 13.9. The minimum Gasteiger partial charge on any atom is -0.550 e. The van der Waals surface area contributed by atoms with Gasteiger partial charge in [0.25, 0.3) is 0 Å². The summed E-state index contributed by atoms with van der Waals surface area (Å²) in [6.45, 7) is 1.70. The zero-order valence-corrected chi connectivity index (χ0v) is 19.6. The summed E-state index contributed by atoms with van der Waals surface area (Å²) in [5, 5.41) is 13.9. The Bertz CT molecular complexity index is 831. The summed E-state index contributed by atoms with van der Waals surface area (Å²) in [6, 6.07) is 14.3. The van der Waals surface area contributed by atoms with Gasteiger partial charge in [-0.15, -0.1) is 0 Å². The van der Waals surface area contributed by atoms with Crippen LogP contribution in [0.2, 0.25) is 5.02 Å². The maximum absolute atomic E-state index is 12.3. The van der Waals surface area contributed by atoms with Crippen molar-refractivity contribution >= 4 is 29.6 Å². The van der Waals surface area contributed by atoms with E-state index in [4.69, 9.17) is 21.1 Å². The van der Waals surface area contributed by atoms with Gasteiger partial charge in [0, 0.05) is 17.4 Å². The first-order valence-electron chi connectivity index (χ1n) is 9.07. The van der Waals surface area contributed by atoms with Gasteiger partial charge in [-0.05, 0) is 42.7 Å². The molecule has 9 heteroatoms. The van der Waals surface area contributed by atoms with Gasteiger partial charge in [0.1, 0.15) is 0 Å². The molecule has 1 N–H and O–H groups in total. The van der Waals surface area contributed by atoms with E-state index in [2.05, 4.69) is 5.32 Å². The molecule has 2 unspecified atom stereocenters. The zero-order chi connectivity index (χ0) is 21.2. The second-order valence-corrected chi connectivity index (χ2v) is 6.61. The predicted molar refractivity (Wildman–Crippen MR) is 104 cm³/mol. The predicted octanol–water partition coefficient (Wildman–Crippen LogP) is 0.235. The van der Waals surface area contributed by atoms with Crippen LogP contribution in [0.25, 0.3) is 0 Å². The molecule has 2 atom stereocenters. The van der Waals surface area contributed by atoms with E-state index < -0.39 is 30.4 Å². The van der Waals surface area contributed by atoms with Crippen LogP contribution in [0.5, 0.6) is 0 Å². The van der Waals surface area contributed by atoms with Crippen molar-refractivity contribution in [3.8, 4) is 0 Å². The first kappa shape index (κ1) is 26.0. The summed E-state index contributed by atoms with van der Waals surface area (Å²) in [4.78, 5) is 35.3. The first-order valence-corrected chi connectivity index (χ1v) is 9.45. The maximum atomic E-state index is 12.3. The molecule has 0 bridgehead atoms. The van der Waals surface area contributed by atoms with Crippen molar-refractivity contribution in [2.24, 2.45) is 0 Å². The minimum atomic E-state index is -1.23. The molecule has 0 radical (unpaired) electrons. The number of amides is 1. The van der Waals surface area contributed by atoms with Gasteiger partial charge in [-0.1, -0.05) is 48.9 Å². The van der Waals surface area contributed by atoms with Crippen LogP contribution >= 0.6 is 11.6 Å². The van der Waals surface area contributed by atoms with Crippen molar-refractivity contribution < 1.29 is 58.5 Å². The standard InChI is InChI=1S/C21H22ClNO6.Na/c1-2-19(28-20(26)15-6-4-3-5-7-15)29-21(27)23-17(12-13-18(24)25)14-8-10-16(22)11-9-14;/h3-11,17,19H,2,12-13H2,1H3,(H,23,27)(H,24,25);/q;+1/p-1. The van der Waals surface area contributed by atoms with Crippen molar-refractivity contribution in [3.63, 3.8) is 0 Å². The molecule has 30 heavy (non-hydrogen) atoms. The van der Waals surface area contributed by atoms with E-state index in [1.54, 1.807) is 61.5 Å². The van der Waals surface area contributed by atoms with Gasteiger partial charge in [-0.25, -0.2) is 9.59 Å². The maximum Gasteiger partial charge on any atom is 1.00 e. The second-order valence-electron chi connectivity index (χ2n) is 6.17. The Kier molecular flexibility index (Phi) is 11.5. The van der Waals surface area contributed by atoms with Crippen LogP contribution < -0.4 is 40.0 Å². The molecular formula is C21H21ClNNaO6. The monoisotopic (exact) mass is 441 g/mol. The van der Waals surface area contributed by atoms with Gasteiger partial charge >= 0.3 is 41.6 Å². The Morgan fingerprint density at radius 2 is 1.67 bits per heavy atom. The number of hydrogen-bond acceptors (Lipinski definition) is 6. The van der Waals surface area contributed by atoms with Crippen molar-refractivity contribution in [2.45, 2.75) is 38.5 Å². The van der Waals surface area contributed by atoms with Crippen LogP contribution in [-0.4, -0.2) is 24.3 Å². The number of carbonyl (C=O) groups excluding carboxylic acids is 3. The minimum absolute atomic E-state index is 0. The molecule has 2 rings (SSSR count). The third-order valence-corrected chi connectivity index (χ3v) is 4.27. The van der Waals surface area contributed by atoms with Crippen LogP contribution in [0, 0.1) is 0 Å². The molecule has 1 amide bonds. The summed E-state index contributed by atoms with van der Waals surface area (Å²) >= 11 is 5.87. The number of ether oxygens (including phenoxy) is 2. The van der Waals surface area contributed by atoms with Crippen molar-refractivity contribution in [2.75, 3.05) is 0 Å². The largest absolute Gasteiger partial charge is 1.00 e. The average molecular weight is 442 g/mol. The molecule has 0 heterocycles. The quantitative estimate of drug-likeness (QED) is 0.339. The van der Waals surface area contributed by atoms with Gasteiger partial charge in [0.2, 0.25) is 6.29 Å². The molecule has 0 aliphatic rings. The summed E-state index contributed by atoms with van der Waals surface area (Å²) in [6.07, 6.45) is -1.84. The van der Waals surface area contributed by atoms with E-state index in [0.29, 0.717) is 16.1 Å². The van der Waals surface area contributed by atoms with Gasteiger partial charge in [-0.2, -0.15) is 0 Å². The zero-order valence-electron chi connectivity index (χ0n) is 16.8. The number of carbonyl (C=O) groups is 3. The molecule has 2 aromatic rings. The smallest absolute Gasteiger partial charge is 0.550 e. The molecule has 0 saturated heterocycles. The summed E-state index contributed by atoms with van der Waals surface area (Å²) in [7, 11) is 0. The van der Waals surface area contributed by atoms with Gasteiger partial charge in [0.05, 0.1) is 11.6 Å². The Balaban J connectivity index is 0.00000450. The number of nitrogens with one attached hydrogen (secondary N) is 1. The molecule has 0 aliphatic carbocycles. The average Bonchev–Trinajstić information content (AvgIpc) is 2.71. The van der Waals surface area contributed by atoms with E-state index >= 15 is 0 Å². The number of esters is 1. The molecule has 0 aliphatic heterocycles. The third-order valence-electron chi connectivity index (χ3n) is 4.02. The van der Waals surface area contributed by atoms with Crippen LogP contribution in [0.4, 0.5) is 4.79 Å². The second kappa shape index (κ2) is 13.3. The number of hydrogen-bond donors (Lipinski definition) is 1. The number of rotatable bonds is 9. The summed E-state index contributed by atoms with van der Waals surface area (Å²) in [5.74, 6) is -1.85. The topological polar surface area (TPSA) is 105 Å². The van der Waals surface area contributed by atoms with Gasteiger partial charge in [0.15, 0.2) is 0 Å². The third kappa shape index (κ3) is 8.75. The molecule has 7 nitrogen and oxygen atoms in total. The number of carboxylic acids is 1. The van der Waals surface area contributed by atoms with E-state index in [9.17, 15) is 19.5 Å². The number of carboxylic acid groups (broad SMARTS) is 1. The van der Waals surface area contributed by atoms with Crippen molar-refractivity contribution in [3.05, 3.63) is 70.7 Å². The molecule has 0 aromatic heterocycles. The molecule has 0 saturated carbocycles. The van der Waals surface area contributed by atoms with E-state index in [-0.39, 0.29) is 48.8 Å². The Morgan fingerprint density at radius 3 is 2.23 bits per heavy atom. The van der Waals surface area contributed by atoms with Crippen molar-refractivity contribution in [1.82, 2.24) is 5.32 Å². The fourth-order valence-corrected chi connectivity index (χ4v) is 2.65. The molecule has 2 aromatic carbocycles. The molecule has 0 spiro atoms.